The molecule has 1 aliphatic heterocycles. The average molecular weight is 154 g/mol. The second-order valence-corrected chi connectivity index (χ2v) is 1.76. The minimum atomic E-state index is 0.480. The molecule has 0 atom stereocenters. The Bertz CT molecular complexity index is 265. The molecule has 8 heteroatoms. The van der Waals surface area contributed by atoms with Crippen LogP contribution >= 0.6 is 0 Å². The van der Waals surface area contributed by atoms with Gasteiger partial charge in [0, 0.05) is 6.92 Å². The van der Waals surface area contributed by atoms with Gasteiger partial charge in [0.15, 0.2) is 0 Å². The molecule has 2 rings (SSSR count). The number of nitrogens with zero attached hydrogens (tertiary/aromatic N) is 6. The highest BCUT2D eigenvalue weighted by Crippen LogP contribution is 1.92. The van der Waals surface area contributed by atoms with E-state index < -0.39 is 0 Å². The number of rotatable bonds is 1. The number of tetrazole rings is 1. The van der Waals surface area contributed by atoms with E-state index in [-0.39, 0.29) is 0 Å². The van der Waals surface area contributed by atoms with Gasteiger partial charge < -0.3 is 4.84 Å². The zero-order valence-corrected chi connectivity index (χ0v) is 5.59. The maximum absolute atomic E-state index is 4.97. The molecule has 1 aliphatic rings. The summed E-state index contributed by atoms with van der Waals surface area (Å²) in [6, 6.07) is 0. The summed E-state index contributed by atoms with van der Waals surface area (Å²) in [5, 5.41) is 15.0. The van der Waals surface area contributed by atoms with Crippen molar-refractivity contribution in [3.05, 3.63) is 6.33 Å². The highest BCUT2D eigenvalue weighted by molar-refractivity contribution is 5.74. The molecule has 0 unspecified atom stereocenters. The SMILES string of the molecule is CC1=NNN(n2[c]nnn2)O1. The van der Waals surface area contributed by atoms with Gasteiger partial charge in [0.25, 0.3) is 6.33 Å². The molecule has 11 heavy (non-hydrogen) atoms. The van der Waals surface area contributed by atoms with Crippen molar-refractivity contribution in [2.75, 3.05) is 5.28 Å². The molecule has 8 nitrogen and oxygen atoms in total. The molecule has 0 amide bonds. The Hall–Kier alpha value is -1.86. The minimum Gasteiger partial charge on any atom is -0.324 e. The predicted molar refractivity (Wildman–Crippen MR) is 32.2 cm³/mol. The van der Waals surface area contributed by atoms with Gasteiger partial charge in [0.1, 0.15) is 0 Å². The lowest BCUT2D eigenvalue weighted by molar-refractivity contribution is 0.158. The molecule has 0 fully saturated rings. The molecule has 0 saturated heterocycles. The Balaban J connectivity index is 2.11. The Morgan fingerprint density at radius 3 is 3.09 bits per heavy atom. The third-order valence-electron chi connectivity index (χ3n) is 0.987. The minimum absolute atomic E-state index is 0.480. The maximum atomic E-state index is 4.97. The first-order chi connectivity index (χ1) is 5.36. The van der Waals surface area contributed by atoms with Crippen molar-refractivity contribution < 1.29 is 4.84 Å². The van der Waals surface area contributed by atoms with Crippen molar-refractivity contribution >= 4 is 5.90 Å². The van der Waals surface area contributed by atoms with E-state index in [1.54, 1.807) is 6.92 Å². The Kier molecular flexibility index (Phi) is 1.11. The standard InChI is InChI=1S/C3H4N7O/c1-3-5-7-10(11-3)9-2-4-6-8-9/h7H,1H3. The van der Waals surface area contributed by atoms with E-state index >= 15 is 0 Å². The van der Waals surface area contributed by atoms with Crippen LogP contribution < -0.4 is 10.8 Å². The van der Waals surface area contributed by atoms with Gasteiger partial charge in [-0.05, 0) is 15.7 Å². The number of aromatic nitrogens is 4. The summed E-state index contributed by atoms with van der Waals surface area (Å²) in [7, 11) is 0. The van der Waals surface area contributed by atoms with E-state index in [1.807, 2.05) is 0 Å². The molecule has 57 valence electrons. The van der Waals surface area contributed by atoms with Crippen molar-refractivity contribution in [3.63, 3.8) is 0 Å². The summed E-state index contributed by atoms with van der Waals surface area (Å²) in [6.45, 7) is 1.69. The fraction of sp³-hybridized carbons (Fsp3) is 0.333. The fourth-order valence-electron chi connectivity index (χ4n) is 0.575. The van der Waals surface area contributed by atoms with Gasteiger partial charge in [-0.1, -0.05) is 4.79 Å². The van der Waals surface area contributed by atoms with Crippen LogP contribution in [0.2, 0.25) is 0 Å². The number of hydrogen-bond donors (Lipinski definition) is 1. The normalized spacial score (nSPS) is 15.7. The molecule has 1 N–H and O–H groups in total. The number of hydrogen-bond acceptors (Lipinski definition) is 7. The largest absolute Gasteiger partial charge is 0.324 e. The topological polar surface area (TPSA) is 80.5 Å². The van der Waals surface area contributed by atoms with Gasteiger partial charge in [-0.3, -0.25) is 0 Å². The van der Waals surface area contributed by atoms with E-state index in [0.717, 1.165) is 10.1 Å². The third-order valence-corrected chi connectivity index (χ3v) is 0.987. The first-order valence-corrected chi connectivity index (χ1v) is 2.80. The van der Waals surface area contributed by atoms with Crippen LogP contribution in [-0.2, 0) is 4.84 Å². The summed E-state index contributed by atoms with van der Waals surface area (Å²) < 4.78 is 0. The first-order valence-electron chi connectivity index (χ1n) is 2.80. The molecule has 0 aliphatic carbocycles. The summed E-state index contributed by atoms with van der Waals surface area (Å²) in [6.07, 6.45) is 2.41. The number of hydrazine groups is 1. The lowest BCUT2D eigenvalue weighted by atomic mass is 10.8. The molecule has 1 radical (unpaired) electrons. The molecule has 0 bridgehead atoms. The van der Waals surface area contributed by atoms with E-state index in [1.165, 1.54) is 0 Å². The summed E-state index contributed by atoms with van der Waals surface area (Å²) in [4.78, 5) is 6.11. The summed E-state index contributed by atoms with van der Waals surface area (Å²) in [5.74, 6) is 0.480. The van der Waals surface area contributed by atoms with E-state index in [4.69, 9.17) is 4.84 Å². The van der Waals surface area contributed by atoms with Crippen LogP contribution in [-0.4, -0.2) is 26.2 Å². The van der Waals surface area contributed by atoms with E-state index in [2.05, 4.69) is 32.5 Å². The third kappa shape index (κ3) is 0.933. The molecule has 0 saturated carbocycles. The van der Waals surface area contributed by atoms with Gasteiger partial charge in [0.05, 0.1) is 0 Å². The van der Waals surface area contributed by atoms with Gasteiger partial charge in [0.2, 0.25) is 5.90 Å². The van der Waals surface area contributed by atoms with Crippen LogP contribution in [0.4, 0.5) is 0 Å². The van der Waals surface area contributed by atoms with Crippen LogP contribution in [0.15, 0.2) is 5.10 Å². The lowest BCUT2D eigenvalue weighted by Crippen LogP contribution is -2.40. The number of nitrogens with one attached hydrogen (secondary N) is 1. The Morgan fingerprint density at radius 2 is 2.55 bits per heavy atom. The second-order valence-electron chi connectivity index (χ2n) is 1.76. The van der Waals surface area contributed by atoms with Crippen LogP contribution in [0, 0.1) is 6.33 Å². The Labute approximate surface area is 61.3 Å². The maximum Gasteiger partial charge on any atom is 0.251 e. The van der Waals surface area contributed by atoms with Crippen molar-refractivity contribution in [1.29, 1.82) is 0 Å². The predicted octanol–water partition coefficient (Wildman–Crippen LogP) is -1.81. The van der Waals surface area contributed by atoms with Crippen molar-refractivity contribution in [2.45, 2.75) is 6.92 Å². The monoisotopic (exact) mass is 154 g/mol. The van der Waals surface area contributed by atoms with Gasteiger partial charge >= 0.3 is 0 Å². The van der Waals surface area contributed by atoms with Crippen LogP contribution in [0.5, 0.6) is 0 Å². The molecule has 0 aromatic carbocycles. The van der Waals surface area contributed by atoms with Crippen LogP contribution in [0.3, 0.4) is 0 Å². The molecule has 0 spiro atoms. The van der Waals surface area contributed by atoms with Crippen molar-refractivity contribution in [3.8, 4) is 0 Å². The van der Waals surface area contributed by atoms with E-state index in [0.29, 0.717) is 5.90 Å². The zero-order chi connectivity index (χ0) is 7.68. The van der Waals surface area contributed by atoms with Crippen molar-refractivity contribution in [1.82, 2.24) is 25.9 Å². The number of hydrazone groups is 1. The quantitative estimate of drug-likeness (QED) is 0.513. The zero-order valence-electron chi connectivity index (χ0n) is 5.59. The lowest BCUT2D eigenvalue weighted by Gasteiger charge is -2.10. The molecule has 1 aromatic rings. The summed E-state index contributed by atoms with van der Waals surface area (Å²) in [5.41, 5.74) is 2.50. The van der Waals surface area contributed by atoms with Crippen LogP contribution in [0.25, 0.3) is 0 Å². The highest BCUT2D eigenvalue weighted by atomic mass is 16.8. The van der Waals surface area contributed by atoms with Gasteiger partial charge in [-0.2, -0.15) is 5.53 Å². The second kappa shape index (κ2) is 2.08. The highest BCUT2D eigenvalue weighted by Gasteiger charge is 2.14. The molecular formula is C3H4N7O. The summed E-state index contributed by atoms with van der Waals surface area (Å²) >= 11 is 0. The van der Waals surface area contributed by atoms with Crippen LogP contribution in [0.1, 0.15) is 6.92 Å². The van der Waals surface area contributed by atoms with E-state index in [9.17, 15) is 0 Å². The fourth-order valence-corrected chi connectivity index (χ4v) is 0.575. The Morgan fingerprint density at radius 1 is 1.64 bits per heavy atom. The molecule has 2 heterocycles. The molecule has 1 aromatic heterocycles. The van der Waals surface area contributed by atoms with Gasteiger partial charge in [-0.25, -0.2) is 0 Å². The first kappa shape index (κ1) is 5.89. The van der Waals surface area contributed by atoms with Crippen molar-refractivity contribution in [2.24, 2.45) is 5.10 Å². The smallest absolute Gasteiger partial charge is 0.251 e. The molecular weight excluding hydrogens is 150 g/mol. The average Bonchev–Trinajstić information content (AvgIpc) is 2.55. The van der Waals surface area contributed by atoms with Gasteiger partial charge in [-0.15, -0.1) is 10.2 Å².